The maximum atomic E-state index is 13.5. The second-order valence-electron chi connectivity index (χ2n) is 14.1. The highest BCUT2D eigenvalue weighted by atomic mass is 19.1. The van der Waals surface area contributed by atoms with Crippen molar-refractivity contribution in [3.8, 4) is 45.0 Å². The Kier molecular flexibility index (Phi) is 10.7. The fourth-order valence-electron chi connectivity index (χ4n) is 5.31. The Bertz CT molecular complexity index is 2110. The number of rotatable bonds is 6. The number of nitrogens with zero attached hydrogens (tertiary/aromatic N) is 5. The molecule has 10 nitrogen and oxygen atoms in total. The van der Waals surface area contributed by atoms with Crippen molar-refractivity contribution in [1.82, 2.24) is 19.5 Å². The number of imidazole rings is 2. The van der Waals surface area contributed by atoms with E-state index in [0.717, 1.165) is 48.9 Å². The van der Waals surface area contributed by atoms with Gasteiger partial charge in [0.2, 0.25) is 24.8 Å². The molecule has 52 heavy (non-hydrogen) atoms. The molecule has 2 aromatic carbocycles. The van der Waals surface area contributed by atoms with Gasteiger partial charge in [-0.15, -0.1) is 0 Å². The van der Waals surface area contributed by atoms with Gasteiger partial charge in [-0.3, -0.25) is 10.4 Å². The van der Waals surface area contributed by atoms with Crippen LogP contribution in [0, 0.1) is 11.6 Å². The van der Waals surface area contributed by atoms with Crippen molar-refractivity contribution >= 4 is 12.2 Å². The first kappa shape index (κ1) is 37.1. The minimum absolute atomic E-state index is 0.140. The first-order valence-electron chi connectivity index (χ1n) is 16.5. The van der Waals surface area contributed by atoms with Crippen molar-refractivity contribution in [3.63, 3.8) is 0 Å². The minimum atomic E-state index is -0.494. The quantitative estimate of drug-likeness (QED) is 0.0713. The molecule has 0 unspecified atom stereocenters. The second kappa shape index (κ2) is 15.0. The molecule has 0 atom stereocenters. The van der Waals surface area contributed by atoms with Crippen molar-refractivity contribution in [2.24, 2.45) is 0 Å². The Morgan fingerprint density at radius 1 is 0.712 bits per heavy atom. The van der Waals surface area contributed by atoms with Crippen LogP contribution in [0.15, 0.2) is 104 Å². The summed E-state index contributed by atoms with van der Waals surface area (Å²) < 4.78 is 35.2. The van der Waals surface area contributed by atoms with Crippen LogP contribution in [0.25, 0.3) is 51.2 Å². The molecule has 0 aliphatic heterocycles. The number of hydrogen-bond acceptors (Lipinski definition) is 6. The molecule has 0 spiro atoms. The van der Waals surface area contributed by atoms with Crippen LogP contribution in [0.1, 0.15) is 53.2 Å². The highest BCUT2D eigenvalue weighted by Crippen LogP contribution is 2.37. The number of H-pyrrole nitrogens is 1. The number of ether oxygens (including phenoxy) is 1. The summed E-state index contributed by atoms with van der Waals surface area (Å²) >= 11 is 0. The molecular formula is C40H42F2N6O4+2. The van der Waals surface area contributed by atoms with Crippen molar-refractivity contribution in [3.05, 3.63) is 127 Å². The van der Waals surface area contributed by atoms with Crippen LogP contribution in [-0.4, -0.2) is 43.0 Å². The average Bonchev–Trinajstić information content (AvgIpc) is 3.73. The van der Waals surface area contributed by atoms with E-state index < -0.39 is 5.97 Å². The third-order valence-corrected chi connectivity index (χ3v) is 7.98. The van der Waals surface area contributed by atoms with Gasteiger partial charge >= 0.3 is 5.97 Å². The van der Waals surface area contributed by atoms with Crippen molar-refractivity contribution in [1.29, 1.82) is 0 Å². The summed E-state index contributed by atoms with van der Waals surface area (Å²) in [6.45, 7) is 12.3. The number of pyridine rings is 2. The monoisotopic (exact) mass is 708 g/mol. The molecule has 0 radical (unpaired) electrons. The molecule has 0 bridgehead atoms. The van der Waals surface area contributed by atoms with Gasteiger partial charge in [0.15, 0.2) is 0 Å². The van der Waals surface area contributed by atoms with E-state index in [0.29, 0.717) is 17.2 Å². The Morgan fingerprint density at radius 3 is 1.67 bits per heavy atom. The molecule has 3 N–H and O–H groups in total. The number of methoxy groups -OCH3 is 1. The zero-order valence-electron chi connectivity index (χ0n) is 30.1. The summed E-state index contributed by atoms with van der Waals surface area (Å²) in [4.78, 5) is 24.7. The molecule has 268 valence electrons. The lowest BCUT2D eigenvalue weighted by atomic mass is 9.95. The fraction of sp³-hybridized carbons (Fsp3) is 0.225. The molecule has 0 saturated heterocycles. The Balaban J connectivity index is 0.000000206. The van der Waals surface area contributed by atoms with E-state index in [1.54, 1.807) is 67.1 Å². The van der Waals surface area contributed by atoms with Crippen molar-refractivity contribution < 1.29 is 38.2 Å². The van der Waals surface area contributed by atoms with E-state index in [4.69, 9.17) is 14.7 Å². The molecule has 6 rings (SSSR count). The summed E-state index contributed by atoms with van der Waals surface area (Å²) in [5.74, 6) is 0.456. The van der Waals surface area contributed by atoms with Gasteiger partial charge in [0.1, 0.15) is 23.3 Å². The fourth-order valence-corrected chi connectivity index (χ4v) is 5.31. The number of benzene rings is 2. The van der Waals surface area contributed by atoms with E-state index in [1.165, 1.54) is 49.8 Å². The van der Waals surface area contributed by atoms with Crippen LogP contribution in [0.5, 0.6) is 0 Å². The zero-order chi connectivity index (χ0) is 37.8. The number of nitrogens with one attached hydrogen (secondary N) is 1. The summed E-state index contributed by atoms with van der Waals surface area (Å²) in [7, 11) is 1.31. The Morgan fingerprint density at radius 2 is 1.19 bits per heavy atom. The van der Waals surface area contributed by atoms with Gasteiger partial charge in [-0.1, -0.05) is 41.5 Å². The third kappa shape index (κ3) is 8.58. The number of halogens is 2. The highest BCUT2D eigenvalue weighted by molar-refractivity contribution is 5.87. The largest absolute Gasteiger partial charge is 0.466 e. The molecule has 0 fully saturated rings. The first-order chi connectivity index (χ1) is 24.5. The molecule has 0 amide bonds. The van der Waals surface area contributed by atoms with Crippen LogP contribution in [-0.2, 0) is 20.4 Å². The number of hydrogen-bond donors (Lipinski definition) is 3. The maximum Gasteiger partial charge on any atom is 0.331 e. The van der Waals surface area contributed by atoms with Gasteiger partial charge in [-0.2, -0.15) is 0 Å². The summed E-state index contributed by atoms with van der Waals surface area (Å²) in [5.41, 5.74) is 5.73. The number of carbonyl (C=O) groups is 1. The van der Waals surface area contributed by atoms with E-state index in [9.17, 15) is 24.0 Å². The Labute approximate surface area is 300 Å². The van der Waals surface area contributed by atoms with E-state index in [1.807, 2.05) is 25.3 Å². The average molecular weight is 709 g/mol. The minimum Gasteiger partial charge on any atom is -0.466 e. The molecule has 4 heterocycles. The Hall–Kier alpha value is -6.17. The van der Waals surface area contributed by atoms with Gasteiger partial charge < -0.3 is 14.3 Å². The summed E-state index contributed by atoms with van der Waals surface area (Å²) in [5, 5.41) is 19.0. The lowest BCUT2D eigenvalue weighted by Gasteiger charge is -2.19. The van der Waals surface area contributed by atoms with Gasteiger partial charge in [0.25, 0.3) is 0 Å². The predicted molar refractivity (Wildman–Crippen MR) is 192 cm³/mol. The standard InChI is InChI=1S/C22H23FN3O3.C18H18FN3O/c1-22(2,3)21-24-19(15-9-12-25(28)13-10-15)20(16-5-7-17(23)8-6-16)26(21)14-11-18(27)29-4;1-18(2,3)17-20-15(12-4-6-14(19)7-5-12)16(21-17)13-8-10-22(23)11-9-13/h5-14,28H,1-4H3;4-11,23H,1-3H3/q+1;/p+1/b14-11+;. The lowest BCUT2D eigenvalue weighted by molar-refractivity contribution is -0.904. The topological polar surface area (TPSA) is 121 Å². The van der Waals surface area contributed by atoms with Gasteiger partial charge in [-0.25, -0.2) is 23.5 Å². The van der Waals surface area contributed by atoms with Crippen LogP contribution < -0.4 is 9.46 Å². The lowest BCUT2D eigenvalue weighted by Crippen LogP contribution is -2.27. The third-order valence-electron chi connectivity index (χ3n) is 7.98. The number of carbonyl (C=O) groups excluding carboxylic acids is 1. The van der Waals surface area contributed by atoms with Crippen LogP contribution in [0.3, 0.4) is 0 Å². The predicted octanol–water partition coefficient (Wildman–Crippen LogP) is 7.53. The highest BCUT2D eigenvalue weighted by Gasteiger charge is 2.27. The second-order valence-corrected chi connectivity index (χ2v) is 14.1. The molecule has 4 aromatic heterocycles. The SMILES string of the molecule is CC(C)(C)c1nc(-c2ccc(F)cc2)c(-c2cc[n+](O)cc2)[nH]1.COC(=O)/C=C/n1c(C(C)(C)C)nc(-c2cc[n+](O)cc2)c1-c1ccc(F)cc1. The zero-order valence-corrected chi connectivity index (χ0v) is 30.1. The maximum absolute atomic E-state index is 13.5. The van der Waals surface area contributed by atoms with Gasteiger partial charge in [-0.05, 0) is 48.5 Å². The summed E-state index contributed by atoms with van der Waals surface area (Å²) in [6, 6.07) is 19.4. The molecular weight excluding hydrogens is 666 g/mol. The van der Waals surface area contributed by atoms with E-state index in [-0.39, 0.29) is 22.5 Å². The smallest absolute Gasteiger partial charge is 0.331 e. The number of esters is 1. The van der Waals surface area contributed by atoms with Crippen LogP contribution in [0.4, 0.5) is 8.78 Å². The van der Waals surface area contributed by atoms with Crippen LogP contribution in [0.2, 0.25) is 0 Å². The van der Waals surface area contributed by atoms with E-state index in [2.05, 4.69) is 25.8 Å². The normalized spacial score (nSPS) is 11.7. The van der Waals surface area contributed by atoms with Crippen molar-refractivity contribution in [2.45, 2.75) is 52.4 Å². The molecule has 12 heteroatoms. The number of aromatic nitrogens is 6. The molecule has 0 aliphatic carbocycles. The van der Waals surface area contributed by atoms with E-state index >= 15 is 0 Å². The van der Waals surface area contributed by atoms with Crippen LogP contribution >= 0.6 is 0 Å². The van der Waals surface area contributed by atoms with Gasteiger partial charge in [0.05, 0.1) is 29.9 Å². The van der Waals surface area contributed by atoms with Crippen molar-refractivity contribution in [2.75, 3.05) is 7.11 Å². The summed E-state index contributed by atoms with van der Waals surface area (Å²) in [6.07, 6.45) is 9.05. The van der Waals surface area contributed by atoms with Gasteiger partial charge in [0, 0.05) is 79.1 Å². The first-order valence-corrected chi connectivity index (χ1v) is 16.5. The molecule has 6 aromatic rings. The molecule has 0 saturated carbocycles. The molecule has 0 aliphatic rings. The number of aromatic amines is 1.